The van der Waals surface area contributed by atoms with Crippen LogP contribution >= 0.6 is 0 Å². The summed E-state index contributed by atoms with van der Waals surface area (Å²) in [6.45, 7) is 3.07. The average molecular weight is 277 g/mol. The van der Waals surface area contributed by atoms with Crippen LogP contribution < -0.4 is 5.32 Å². The average Bonchev–Trinajstić information content (AvgIpc) is 2.84. The zero-order valence-corrected chi connectivity index (χ0v) is 13.1. The number of nitrogens with one attached hydrogen (secondary N) is 2. The second-order valence-electron chi connectivity index (χ2n) is 6.36. The minimum atomic E-state index is 0.698. The van der Waals surface area contributed by atoms with E-state index in [1.807, 2.05) is 6.20 Å². The summed E-state index contributed by atoms with van der Waals surface area (Å²) in [5, 5.41) is 10.9. The van der Waals surface area contributed by atoms with Gasteiger partial charge in [0.15, 0.2) is 0 Å². The Morgan fingerprint density at radius 2 is 1.55 bits per heavy atom. The Balaban J connectivity index is 1.75. The first-order valence-electron chi connectivity index (χ1n) is 8.58. The van der Waals surface area contributed by atoms with Gasteiger partial charge in [-0.2, -0.15) is 5.10 Å². The van der Waals surface area contributed by atoms with Crippen molar-refractivity contribution in [2.75, 3.05) is 0 Å². The first-order valence-corrected chi connectivity index (χ1v) is 8.58. The zero-order valence-electron chi connectivity index (χ0n) is 13.1. The molecule has 1 fully saturated rings. The van der Waals surface area contributed by atoms with Crippen LogP contribution in [0.15, 0.2) is 6.20 Å². The van der Waals surface area contributed by atoms with Crippen molar-refractivity contribution in [1.82, 2.24) is 15.5 Å². The van der Waals surface area contributed by atoms with Gasteiger partial charge in [0.2, 0.25) is 0 Å². The second-order valence-corrected chi connectivity index (χ2v) is 6.36. The Hall–Kier alpha value is -0.830. The van der Waals surface area contributed by atoms with Crippen molar-refractivity contribution in [3.63, 3.8) is 0 Å². The van der Waals surface area contributed by atoms with Crippen molar-refractivity contribution >= 4 is 0 Å². The molecule has 0 atom stereocenters. The fourth-order valence-electron chi connectivity index (χ4n) is 3.18. The molecule has 114 valence electrons. The van der Waals surface area contributed by atoms with Gasteiger partial charge in [0, 0.05) is 23.8 Å². The fourth-order valence-corrected chi connectivity index (χ4v) is 3.18. The molecule has 20 heavy (non-hydrogen) atoms. The molecule has 0 bridgehead atoms. The largest absolute Gasteiger partial charge is 0.310 e. The van der Waals surface area contributed by atoms with Gasteiger partial charge in [0.05, 0.1) is 6.20 Å². The lowest BCUT2D eigenvalue weighted by molar-refractivity contribution is 0.403. The van der Waals surface area contributed by atoms with Crippen LogP contribution in [0.25, 0.3) is 0 Å². The lowest BCUT2D eigenvalue weighted by Gasteiger charge is -2.19. The molecule has 1 aliphatic carbocycles. The highest BCUT2D eigenvalue weighted by molar-refractivity contribution is 5.13. The maximum Gasteiger partial charge on any atom is 0.0535 e. The fraction of sp³-hybridized carbons (Fsp3) is 0.824. The number of aryl methyl sites for hydroxylation is 1. The summed E-state index contributed by atoms with van der Waals surface area (Å²) < 4.78 is 0. The molecule has 0 aromatic carbocycles. The molecular weight excluding hydrogens is 246 g/mol. The predicted molar refractivity (Wildman–Crippen MR) is 84.7 cm³/mol. The Bertz CT molecular complexity index is 347. The van der Waals surface area contributed by atoms with E-state index in [1.54, 1.807) is 0 Å². The molecular formula is C17H31N3. The topological polar surface area (TPSA) is 40.7 Å². The first-order chi connectivity index (χ1) is 9.86. The molecule has 2 N–H and O–H groups in total. The number of rotatable bonds is 3. The number of aromatic amines is 1. The second kappa shape index (κ2) is 9.17. The van der Waals surface area contributed by atoms with Gasteiger partial charge in [-0.05, 0) is 19.8 Å². The minimum absolute atomic E-state index is 0.698. The van der Waals surface area contributed by atoms with E-state index in [-0.39, 0.29) is 0 Å². The monoisotopic (exact) mass is 277 g/mol. The molecule has 0 aliphatic heterocycles. The third-order valence-electron chi connectivity index (χ3n) is 4.62. The van der Waals surface area contributed by atoms with Crippen LogP contribution in [0.5, 0.6) is 0 Å². The molecule has 0 spiro atoms. The maximum atomic E-state index is 4.10. The smallest absolute Gasteiger partial charge is 0.0535 e. The SMILES string of the molecule is Cc1[nH]ncc1CNC1CCCCCCCCCCC1. The summed E-state index contributed by atoms with van der Waals surface area (Å²) in [6, 6.07) is 0.698. The summed E-state index contributed by atoms with van der Waals surface area (Å²) in [4.78, 5) is 0. The molecule has 0 amide bonds. The van der Waals surface area contributed by atoms with E-state index >= 15 is 0 Å². The summed E-state index contributed by atoms with van der Waals surface area (Å²) in [7, 11) is 0. The van der Waals surface area contributed by atoms with Crippen LogP contribution in [-0.4, -0.2) is 16.2 Å². The van der Waals surface area contributed by atoms with Gasteiger partial charge in [-0.25, -0.2) is 0 Å². The molecule has 2 rings (SSSR count). The van der Waals surface area contributed by atoms with Crippen molar-refractivity contribution < 1.29 is 0 Å². The Kier molecular flexibility index (Phi) is 7.13. The summed E-state index contributed by atoms with van der Waals surface area (Å²) in [5.41, 5.74) is 2.52. The normalized spacial score (nSPS) is 20.2. The van der Waals surface area contributed by atoms with Crippen LogP contribution in [-0.2, 0) is 6.54 Å². The van der Waals surface area contributed by atoms with Gasteiger partial charge in [0.25, 0.3) is 0 Å². The Morgan fingerprint density at radius 1 is 1.00 bits per heavy atom. The lowest BCUT2D eigenvalue weighted by atomic mass is 9.98. The quantitative estimate of drug-likeness (QED) is 0.855. The van der Waals surface area contributed by atoms with E-state index in [0.29, 0.717) is 6.04 Å². The van der Waals surface area contributed by atoms with E-state index in [9.17, 15) is 0 Å². The van der Waals surface area contributed by atoms with Crippen molar-refractivity contribution in [1.29, 1.82) is 0 Å². The minimum Gasteiger partial charge on any atom is -0.310 e. The molecule has 0 radical (unpaired) electrons. The van der Waals surface area contributed by atoms with Crippen molar-refractivity contribution in [2.24, 2.45) is 0 Å². The van der Waals surface area contributed by atoms with Crippen molar-refractivity contribution in [3.05, 3.63) is 17.5 Å². The molecule has 1 aromatic heterocycles. The zero-order chi connectivity index (χ0) is 14.0. The third-order valence-corrected chi connectivity index (χ3v) is 4.62. The van der Waals surface area contributed by atoms with E-state index < -0.39 is 0 Å². The van der Waals surface area contributed by atoms with Crippen LogP contribution in [0, 0.1) is 6.92 Å². The molecule has 1 aromatic rings. The number of hydrogen-bond donors (Lipinski definition) is 2. The maximum absolute atomic E-state index is 4.10. The van der Waals surface area contributed by atoms with Crippen LogP contribution in [0.2, 0.25) is 0 Å². The lowest BCUT2D eigenvalue weighted by Crippen LogP contribution is -2.28. The number of aromatic nitrogens is 2. The molecule has 3 heteroatoms. The predicted octanol–water partition coefficient (Wildman–Crippen LogP) is 4.48. The summed E-state index contributed by atoms with van der Waals surface area (Å²) in [6.07, 6.45) is 17.5. The number of H-pyrrole nitrogens is 1. The van der Waals surface area contributed by atoms with Gasteiger partial charge in [-0.15, -0.1) is 0 Å². The van der Waals surface area contributed by atoms with Gasteiger partial charge >= 0.3 is 0 Å². The first kappa shape index (κ1) is 15.6. The van der Waals surface area contributed by atoms with Gasteiger partial charge in [-0.1, -0.05) is 57.8 Å². The Morgan fingerprint density at radius 3 is 2.05 bits per heavy atom. The Labute approximate surface area is 123 Å². The molecule has 1 aliphatic rings. The third kappa shape index (κ3) is 5.66. The van der Waals surface area contributed by atoms with Gasteiger partial charge in [0.1, 0.15) is 0 Å². The van der Waals surface area contributed by atoms with E-state index in [2.05, 4.69) is 22.4 Å². The molecule has 1 saturated carbocycles. The summed E-state index contributed by atoms with van der Waals surface area (Å²) in [5.74, 6) is 0. The highest BCUT2D eigenvalue weighted by Crippen LogP contribution is 2.17. The number of nitrogens with zero attached hydrogens (tertiary/aromatic N) is 1. The van der Waals surface area contributed by atoms with Crippen LogP contribution in [0.4, 0.5) is 0 Å². The summed E-state index contributed by atoms with van der Waals surface area (Å²) >= 11 is 0. The molecule has 0 saturated heterocycles. The van der Waals surface area contributed by atoms with Gasteiger partial charge < -0.3 is 5.32 Å². The van der Waals surface area contributed by atoms with E-state index in [0.717, 1.165) is 6.54 Å². The standard InChI is InChI=1S/C17H31N3/c1-15-16(14-19-20-15)13-18-17-11-9-7-5-3-2-4-6-8-10-12-17/h14,17-18H,2-13H2,1H3,(H,19,20). The molecule has 0 unspecified atom stereocenters. The van der Waals surface area contributed by atoms with Crippen LogP contribution in [0.3, 0.4) is 0 Å². The molecule has 1 heterocycles. The highest BCUT2D eigenvalue weighted by atomic mass is 15.1. The van der Waals surface area contributed by atoms with Crippen LogP contribution in [0.1, 0.15) is 81.9 Å². The van der Waals surface area contributed by atoms with E-state index in [1.165, 1.54) is 81.9 Å². The van der Waals surface area contributed by atoms with Gasteiger partial charge in [-0.3, -0.25) is 5.10 Å². The van der Waals surface area contributed by atoms with Crippen molar-refractivity contribution in [2.45, 2.75) is 90.1 Å². The van der Waals surface area contributed by atoms with Crippen molar-refractivity contribution in [3.8, 4) is 0 Å². The number of hydrogen-bond acceptors (Lipinski definition) is 2. The highest BCUT2D eigenvalue weighted by Gasteiger charge is 2.10. The van der Waals surface area contributed by atoms with E-state index in [4.69, 9.17) is 0 Å². The molecule has 3 nitrogen and oxygen atoms in total.